The molecule has 0 radical (unpaired) electrons. The smallest absolute Gasteiger partial charge is 0.123 e. The van der Waals surface area contributed by atoms with Gasteiger partial charge in [-0.1, -0.05) is 17.7 Å². The lowest BCUT2D eigenvalue weighted by Crippen LogP contribution is -2.48. The van der Waals surface area contributed by atoms with E-state index in [1.54, 1.807) is 7.11 Å². The molecule has 0 aliphatic carbocycles. The van der Waals surface area contributed by atoms with E-state index in [4.69, 9.17) is 15.2 Å². The Morgan fingerprint density at radius 1 is 1.50 bits per heavy atom. The third-order valence-corrected chi connectivity index (χ3v) is 3.43. The van der Waals surface area contributed by atoms with Gasteiger partial charge in [0.15, 0.2) is 0 Å². The first-order valence-electron chi connectivity index (χ1n) is 6.40. The monoisotopic (exact) mass is 250 g/mol. The van der Waals surface area contributed by atoms with Crippen LogP contribution in [0.25, 0.3) is 0 Å². The van der Waals surface area contributed by atoms with Gasteiger partial charge >= 0.3 is 0 Å². The van der Waals surface area contributed by atoms with E-state index in [-0.39, 0.29) is 0 Å². The van der Waals surface area contributed by atoms with Crippen LogP contribution in [0.3, 0.4) is 0 Å². The zero-order valence-corrected chi connectivity index (χ0v) is 11.2. The Balaban J connectivity index is 2.14. The quantitative estimate of drug-likeness (QED) is 0.871. The molecule has 4 heteroatoms. The largest absolute Gasteiger partial charge is 0.496 e. The maximum absolute atomic E-state index is 5.79. The minimum absolute atomic E-state index is 0.309. The van der Waals surface area contributed by atoms with E-state index in [0.717, 1.165) is 32.1 Å². The zero-order valence-electron chi connectivity index (χ0n) is 11.2. The summed E-state index contributed by atoms with van der Waals surface area (Å²) in [4.78, 5) is 2.38. The summed E-state index contributed by atoms with van der Waals surface area (Å²) in [5.74, 6) is 0.947. The van der Waals surface area contributed by atoms with E-state index in [2.05, 4.69) is 24.0 Å². The van der Waals surface area contributed by atoms with E-state index in [9.17, 15) is 0 Å². The topological polar surface area (TPSA) is 47.7 Å². The molecule has 0 spiro atoms. The second-order valence-electron chi connectivity index (χ2n) is 4.75. The second-order valence-corrected chi connectivity index (χ2v) is 4.75. The highest BCUT2D eigenvalue weighted by Crippen LogP contribution is 2.22. The van der Waals surface area contributed by atoms with E-state index in [1.165, 1.54) is 11.1 Å². The fraction of sp³-hybridized carbons (Fsp3) is 0.571. The molecule has 0 saturated carbocycles. The number of hydrogen-bond donors (Lipinski definition) is 1. The molecule has 1 heterocycles. The predicted octanol–water partition coefficient (Wildman–Crippen LogP) is 1.16. The van der Waals surface area contributed by atoms with Gasteiger partial charge in [-0.2, -0.15) is 0 Å². The molecular formula is C14H22N2O2. The molecule has 2 N–H and O–H groups in total. The lowest BCUT2D eigenvalue weighted by Gasteiger charge is -2.35. The molecule has 100 valence electrons. The van der Waals surface area contributed by atoms with Crippen molar-refractivity contribution in [3.63, 3.8) is 0 Å². The van der Waals surface area contributed by atoms with Gasteiger partial charge in [0.1, 0.15) is 5.75 Å². The van der Waals surface area contributed by atoms with Crippen LogP contribution in [-0.4, -0.2) is 44.4 Å². The maximum atomic E-state index is 5.79. The Bertz CT molecular complexity index is 395. The van der Waals surface area contributed by atoms with Crippen molar-refractivity contribution in [3.05, 3.63) is 29.3 Å². The molecule has 0 bridgehead atoms. The van der Waals surface area contributed by atoms with Crippen molar-refractivity contribution in [2.24, 2.45) is 5.73 Å². The first-order valence-corrected chi connectivity index (χ1v) is 6.40. The number of hydrogen-bond acceptors (Lipinski definition) is 4. The second kappa shape index (κ2) is 6.18. The number of morpholine rings is 1. The van der Waals surface area contributed by atoms with E-state index in [1.807, 2.05) is 6.07 Å². The highest BCUT2D eigenvalue weighted by Gasteiger charge is 2.22. The van der Waals surface area contributed by atoms with E-state index < -0.39 is 0 Å². The molecule has 1 saturated heterocycles. The molecule has 4 nitrogen and oxygen atoms in total. The summed E-state index contributed by atoms with van der Waals surface area (Å²) >= 11 is 0. The highest BCUT2D eigenvalue weighted by atomic mass is 16.5. The Morgan fingerprint density at radius 2 is 2.33 bits per heavy atom. The molecular weight excluding hydrogens is 228 g/mol. The Morgan fingerprint density at radius 3 is 3.06 bits per heavy atom. The van der Waals surface area contributed by atoms with Crippen LogP contribution in [0.4, 0.5) is 0 Å². The number of rotatable bonds is 4. The molecule has 0 amide bonds. The molecule has 1 aliphatic rings. The zero-order chi connectivity index (χ0) is 13.0. The average Bonchev–Trinajstić information content (AvgIpc) is 2.40. The van der Waals surface area contributed by atoms with Crippen LogP contribution in [0.15, 0.2) is 18.2 Å². The average molecular weight is 250 g/mol. The third-order valence-electron chi connectivity index (χ3n) is 3.43. The van der Waals surface area contributed by atoms with Gasteiger partial charge in [-0.3, -0.25) is 4.90 Å². The molecule has 1 aromatic carbocycles. The van der Waals surface area contributed by atoms with Crippen LogP contribution in [0.5, 0.6) is 5.75 Å². The Labute approximate surface area is 109 Å². The maximum Gasteiger partial charge on any atom is 0.123 e. The normalized spacial score (nSPS) is 20.9. The van der Waals surface area contributed by atoms with Crippen molar-refractivity contribution >= 4 is 0 Å². The van der Waals surface area contributed by atoms with Crippen molar-refractivity contribution in [2.75, 3.05) is 33.4 Å². The predicted molar refractivity (Wildman–Crippen MR) is 71.8 cm³/mol. The minimum atomic E-state index is 0.309. The summed E-state index contributed by atoms with van der Waals surface area (Å²) in [7, 11) is 1.72. The summed E-state index contributed by atoms with van der Waals surface area (Å²) < 4.78 is 10.9. The first kappa shape index (κ1) is 13.3. The first-order chi connectivity index (χ1) is 8.74. The molecule has 1 aromatic rings. The van der Waals surface area contributed by atoms with Gasteiger partial charge in [-0.15, -0.1) is 0 Å². The van der Waals surface area contributed by atoms with E-state index >= 15 is 0 Å². The van der Waals surface area contributed by atoms with Crippen LogP contribution < -0.4 is 10.5 Å². The van der Waals surface area contributed by atoms with Gasteiger partial charge in [0, 0.05) is 31.2 Å². The van der Waals surface area contributed by atoms with Crippen LogP contribution in [0.2, 0.25) is 0 Å². The fourth-order valence-electron chi connectivity index (χ4n) is 2.36. The van der Waals surface area contributed by atoms with Gasteiger partial charge in [0.25, 0.3) is 0 Å². The lowest BCUT2D eigenvalue weighted by atomic mass is 10.1. The number of methoxy groups -OCH3 is 1. The van der Waals surface area contributed by atoms with Gasteiger partial charge in [0.2, 0.25) is 0 Å². The van der Waals surface area contributed by atoms with Crippen LogP contribution >= 0.6 is 0 Å². The fourth-order valence-corrected chi connectivity index (χ4v) is 2.36. The van der Waals surface area contributed by atoms with Crippen LogP contribution in [0, 0.1) is 6.92 Å². The molecule has 18 heavy (non-hydrogen) atoms. The SMILES string of the molecule is COc1ccc(C)cc1CN1CCOCC1CN. The molecule has 1 atom stereocenters. The minimum Gasteiger partial charge on any atom is -0.496 e. The Hall–Kier alpha value is -1.10. The molecule has 1 fully saturated rings. The highest BCUT2D eigenvalue weighted by molar-refractivity contribution is 5.36. The Kier molecular flexibility index (Phi) is 4.58. The number of benzene rings is 1. The molecule has 1 unspecified atom stereocenters. The van der Waals surface area contributed by atoms with Gasteiger partial charge in [-0.25, -0.2) is 0 Å². The van der Waals surface area contributed by atoms with Crippen LogP contribution in [0.1, 0.15) is 11.1 Å². The van der Waals surface area contributed by atoms with Crippen molar-refractivity contribution in [1.82, 2.24) is 4.90 Å². The summed E-state index contributed by atoms with van der Waals surface area (Å²) in [6.07, 6.45) is 0. The lowest BCUT2D eigenvalue weighted by molar-refractivity contribution is -0.00819. The van der Waals surface area contributed by atoms with Crippen LogP contribution in [-0.2, 0) is 11.3 Å². The molecule has 1 aliphatic heterocycles. The number of ether oxygens (including phenoxy) is 2. The van der Waals surface area contributed by atoms with Crippen molar-refractivity contribution < 1.29 is 9.47 Å². The number of aryl methyl sites for hydroxylation is 1. The van der Waals surface area contributed by atoms with E-state index in [0.29, 0.717) is 12.6 Å². The molecule has 2 rings (SSSR count). The van der Waals surface area contributed by atoms with Gasteiger partial charge in [-0.05, 0) is 13.0 Å². The summed E-state index contributed by atoms with van der Waals surface area (Å²) in [5.41, 5.74) is 8.27. The molecule has 0 aromatic heterocycles. The summed E-state index contributed by atoms with van der Waals surface area (Å²) in [5, 5.41) is 0. The third kappa shape index (κ3) is 3.02. The summed E-state index contributed by atoms with van der Waals surface area (Å²) in [6.45, 7) is 6.04. The van der Waals surface area contributed by atoms with Crippen molar-refractivity contribution in [3.8, 4) is 5.75 Å². The van der Waals surface area contributed by atoms with Gasteiger partial charge in [0.05, 0.1) is 20.3 Å². The van der Waals surface area contributed by atoms with Gasteiger partial charge < -0.3 is 15.2 Å². The van der Waals surface area contributed by atoms with Crippen molar-refractivity contribution in [1.29, 1.82) is 0 Å². The van der Waals surface area contributed by atoms with Crippen molar-refractivity contribution in [2.45, 2.75) is 19.5 Å². The number of nitrogens with two attached hydrogens (primary N) is 1. The summed E-state index contributed by atoms with van der Waals surface area (Å²) in [6, 6.07) is 6.59. The standard InChI is InChI=1S/C14H22N2O2/c1-11-3-4-14(17-2)12(7-11)9-16-5-6-18-10-13(16)8-15/h3-4,7,13H,5-6,8-10,15H2,1-2H3. The number of nitrogens with zero attached hydrogens (tertiary/aromatic N) is 1.